The van der Waals surface area contributed by atoms with Gasteiger partial charge < -0.3 is 21.1 Å². The lowest BCUT2D eigenvalue weighted by atomic mass is 9.75. The summed E-state index contributed by atoms with van der Waals surface area (Å²) in [7, 11) is 0. The van der Waals surface area contributed by atoms with E-state index in [2.05, 4.69) is 16.0 Å². The number of carbonyl (C=O) groups excluding carboxylic acids is 2. The number of para-hydroxylation sites is 1. The van der Waals surface area contributed by atoms with Crippen molar-refractivity contribution in [2.75, 3.05) is 10.6 Å². The van der Waals surface area contributed by atoms with E-state index < -0.39 is 23.4 Å². The Bertz CT molecular complexity index is 1290. The number of carbonyl (C=O) groups is 3. The van der Waals surface area contributed by atoms with Crippen molar-refractivity contribution in [2.24, 2.45) is 5.92 Å². The third-order valence-electron chi connectivity index (χ3n) is 6.69. The molecule has 4 N–H and O–H groups in total. The molecular formula is C27H27Cl2N3O4S. The largest absolute Gasteiger partial charge is 0.480 e. The molecule has 2 aromatic carbocycles. The summed E-state index contributed by atoms with van der Waals surface area (Å²) in [6.07, 6.45) is 4.38. The summed E-state index contributed by atoms with van der Waals surface area (Å²) in [5.74, 6) is -1.82. The average Bonchev–Trinajstić information content (AvgIpc) is 3.31. The number of nitrogens with one attached hydrogen (secondary N) is 3. The predicted molar refractivity (Wildman–Crippen MR) is 149 cm³/mol. The zero-order valence-electron chi connectivity index (χ0n) is 20.1. The summed E-state index contributed by atoms with van der Waals surface area (Å²) >= 11 is 13.5. The summed E-state index contributed by atoms with van der Waals surface area (Å²) in [5.41, 5.74) is -0.0848. The molecule has 0 bridgehead atoms. The van der Waals surface area contributed by atoms with E-state index in [0.29, 0.717) is 0 Å². The van der Waals surface area contributed by atoms with Gasteiger partial charge in [-0.2, -0.15) is 0 Å². The van der Waals surface area contributed by atoms with Gasteiger partial charge in [-0.1, -0.05) is 78.9 Å². The van der Waals surface area contributed by atoms with E-state index in [4.69, 9.17) is 23.2 Å². The fourth-order valence-corrected chi connectivity index (χ4v) is 6.09. The van der Waals surface area contributed by atoms with Gasteiger partial charge in [-0.3, -0.25) is 4.79 Å². The molecule has 37 heavy (non-hydrogen) atoms. The van der Waals surface area contributed by atoms with Gasteiger partial charge in [0.1, 0.15) is 10.4 Å². The van der Waals surface area contributed by atoms with Crippen LogP contribution in [0.2, 0.25) is 10.0 Å². The normalized spacial score (nSPS) is 15.4. The van der Waals surface area contributed by atoms with Crippen LogP contribution in [0.15, 0.2) is 54.6 Å². The zero-order valence-corrected chi connectivity index (χ0v) is 22.5. The van der Waals surface area contributed by atoms with Gasteiger partial charge in [-0.15, -0.1) is 11.3 Å². The summed E-state index contributed by atoms with van der Waals surface area (Å²) in [5, 5.41) is 18.7. The molecule has 0 spiro atoms. The molecule has 10 heteroatoms. The van der Waals surface area contributed by atoms with Gasteiger partial charge in [0, 0.05) is 4.88 Å². The van der Waals surface area contributed by atoms with Crippen molar-refractivity contribution in [1.82, 2.24) is 5.32 Å². The standard InChI is InChI=1S/C27H27Cl2N3O4S/c1-27(25(34)35,17-11-6-3-7-12-17)32-24(33)23-20(15-21(37-23)16-9-4-2-5-10-16)30-26(36)31-22-18(28)13-8-14-19(22)29/h2,4-5,8-10,13-15,17H,3,6-7,11-12H2,1H3,(H,32,33)(H,34,35)(H2,30,31,36)/t27-/m0/s1. The fraction of sp³-hybridized carbons (Fsp3) is 0.296. The van der Waals surface area contributed by atoms with Crippen LogP contribution in [-0.2, 0) is 4.79 Å². The van der Waals surface area contributed by atoms with Crippen LogP contribution in [0.1, 0.15) is 48.7 Å². The molecule has 0 radical (unpaired) electrons. The lowest BCUT2D eigenvalue weighted by molar-refractivity contribution is -0.146. The van der Waals surface area contributed by atoms with Crippen LogP contribution in [0.5, 0.6) is 0 Å². The second-order valence-corrected chi connectivity index (χ2v) is 11.1. The third-order valence-corrected chi connectivity index (χ3v) is 8.50. The summed E-state index contributed by atoms with van der Waals surface area (Å²) in [6, 6.07) is 15.3. The monoisotopic (exact) mass is 559 g/mol. The highest BCUT2D eigenvalue weighted by atomic mass is 35.5. The van der Waals surface area contributed by atoms with Crippen LogP contribution >= 0.6 is 34.5 Å². The second-order valence-electron chi connectivity index (χ2n) is 9.19. The number of hydrogen-bond acceptors (Lipinski definition) is 4. The number of rotatable bonds is 7. The smallest absolute Gasteiger partial charge is 0.329 e. The Kier molecular flexibility index (Phi) is 8.42. The molecule has 1 heterocycles. The van der Waals surface area contributed by atoms with Crippen LogP contribution in [-0.4, -0.2) is 28.6 Å². The van der Waals surface area contributed by atoms with Gasteiger partial charge in [0.05, 0.1) is 21.4 Å². The van der Waals surface area contributed by atoms with E-state index in [9.17, 15) is 19.5 Å². The number of amides is 3. The molecule has 1 aliphatic rings. The first-order valence-corrected chi connectivity index (χ1v) is 13.5. The molecular weight excluding hydrogens is 533 g/mol. The van der Waals surface area contributed by atoms with Crippen molar-refractivity contribution in [1.29, 1.82) is 0 Å². The van der Waals surface area contributed by atoms with Crippen LogP contribution in [0.3, 0.4) is 0 Å². The van der Waals surface area contributed by atoms with Gasteiger partial charge in [0.15, 0.2) is 0 Å². The molecule has 3 amide bonds. The number of halogens is 2. The quantitative estimate of drug-likeness (QED) is 0.240. The third kappa shape index (κ3) is 6.09. The molecule has 1 aromatic heterocycles. The fourth-order valence-electron chi connectivity index (χ4n) is 4.58. The maximum Gasteiger partial charge on any atom is 0.329 e. The maximum absolute atomic E-state index is 13.5. The minimum Gasteiger partial charge on any atom is -0.480 e. The van der Waals surface area contributed by atoms with Crippen molar-refractivity contribution in [3.63, 3.8) is 0 Å². The molecule has 194 valence electrons. The molecule has 0 aliphatic heterocycles. The Labute approximate surface area is 229 Å². The SMILES string of the molecule is C[C@@](NC(=O)c1sc(-c2ccccc2)cc1NC(=O)Nc1c(Cl)cccc1Cl)(C(=O)O)C1CCCCC1. The Hall–Kier alpha value is -3.07. The Morgan fingerprint density at radius 3 is 2.22 bits per heavy atom. The van der Waals surface area contributed by atoms with Crippen molar-refractivity contribution >= 4 is 63.8 Å². The lowest BCUT2D eigenvalue weighted by Crippen LogP contribution is -2.57. The van der Waals surface area contributed by atoms with Gasteiger partial charge in [0.25, 0.3) is 5.91 Å². The molecule has 1 aliphatic carbocycles. The minimum absolute atomic E-state index is 0.182. The number of aliphatic carboxylic acids is 1. The average molecular weight is 561 g/mol. The van der Waals surface area contributed by atoms with Gasteiger partial charge in [-0.25, -0.2) is 9.59 Å². The number of urea groups is 1. The number of carboxylic acid groups (broad SMARTS) is 1. The second kappa shape index (κ2) is 11.5. The zero-order chi connectivity index (χ0) is 26.6. The first-order chi connectivity index (χ1) is 17.7. The van der Waals surface area contributed by atoms with Crippen LogP contribution < -0.4 is 16.0 Å². The molecule has 1 saturated carbocycles. The molecule has 3 aromatic rings. The first-order valence-electron chi connectivity index (χ1n) is 12.0. The molecule has 0 saturated heterocycles. The molecule has 1 fully saturated rings. The molecule has 1 atom stereocenters. The van der Waals surface area contributed by atoms with Gasteiger partial charge >= 0.3 is 12.0 Å². The highest BCUT2D eigenvalue weighted by molar-refractivity contribution is 7.18. The molecule has 0 unspecified atom stereocenters. The number of benzene rings is 2. The van der Waals surface area contributed by atoms with E-state index in [-0.39, 0.29) is 32.2 Å². The highest BCUT2D eigenvalue weighted by Gasteiger charge is 2.43. The van der Waals surface area contributed by atoms with E-state index in [1.807, 2.05) is 30.3 Å². The first kappa shape index (κ1) is 27.0. The summed E-state index contributed by atoms with van der Waals surface area (Å²) in [4.78, 5) is 39.7. The van der Waals surface area contributed by atoms with Crippen molar-refractivity contribution in [3.05, 3.63) is 69.5 Å². The minimum atomic E-state index is -1.43. The van der Waals surface area contributed by atoms with Gasteiger partial charge in [0.2, 0.25) is 0 Å². The van der Waals surface area contributed by atoms with Crippen molar-refractivity contribution in [3.8, 4) is 10.4 Å². The summed E-state index contributed by atoms with van der Waals surface area (Å²) in [6.45, 7) is 1.56. The van der Waals surface area contributed by atoms with Crippen LogP contribution in [0.25, 0.3) is 10.4 Å². The Morgan fingerprint density at radius 1 is 0.946 bits per heavy atom. The van der Waals surface area contributed by atoms with Crippen molar-refractivity contribution < 1.29 is 19.5 Å². The van der Waals surface area contributed by atoms with E-state index >= 15 is 0 Å². The number of anilines is 2. The number of thiophene rings is 1. The molecule has 4 rings (SSSR count). The van der Waals surface area contributed by atoms with E-state index in [1.54, 1.807) is 31.2 Å². The van der Waals surface area contributed by atoms with Crippen LogP contribution in [0.4, 0.5) is 16.2 Å². The topological polar surface area (TPSA) is 108 Å². The number of carboxylic acids is 1. The number of hydrogen-bond donors (Lipinski definition) is 4. The van der Waals surface area contributed by atoms with Crippen molar-refractivity contribution in [2.45, 2.75) is 44.6 Å². The predicted octanol–water partition coefficient (Wildman–Crippen LogP) is 7.52. The Balaban J connectivity index is 1.64. The van der Waals surface area contributed by atoms with Gasteiger partial charge in [-0.05, 0) is 49.4 Å². The van der Waals surface area contributed by atoms with Crippen LogP contribution in [0, 0.1) is 5.92 Å². The Morgan fingerprint density at radius 2 is 1.59 bits per heavy atom. The van der Waals surface area contributed by atoms with E-state index in [1.165, 1.54) is 11.3 Å². The maximum atomic E-state index is 13.5. The highest BCUT2D eigenvalue weighted by Crippen LogP contribution is 2.38. The lowest BCUT2D eigenvalue weighted by Gasteiger charge is -2.37. The van der Waals surface area contributed by atoms with E-state index in [0.717, 1.165) is 42.5 Å². The summed E-state index contributed by atoms with van der Waals surface area (Å²) < 4.78 is 0. The molecule has 7 nitrogen and oxygen atoms in total.